The van der Waals surface area contributed by atoms with E-state index in [4.69, 9.17) is 11.6 Å². The standard InChI is InChI=1S/C13H14ClNO3S/c14-11-4-1-10(2-5-11)3-6-13(16)15-12-7-8-19(17,18)9-12/h1-6,12H,7-9H2,(H,15,16)/b6-3+/t12-/m1/s1. The van der Waals surface area contributed by atoms with Crippen LogP contribution >= 0.6 is 11.6 Å². The predicted octanol–water partition coefficient (Wildman–Crippen LogP) is 1.66. The van der Waals surface area contributed by atoms with E-state index in [0.717, 1.165) is 5.56 Å². The van der Waals surface area contributed by atoms with Crippen LogP contribution in [0.1, 0.15) is 12.0 Å². The minimum atomic E-state index is -2.97. The Morgan fingerprint density at radius 1 is 1.32 bits per heavy atom. The molecular weight excluding hydrogens is 286 g/mol. The second kappa shape index (κ2) is 5.75. The summed E-state index contributed by atoms with van der Waals surface area (Å²) in [5.41, 5.74) is 0.860. The molecule has 0 aliphatic carbocycles. The number of hydrogen-bond acceptors (Lipinski definition) is 3. The van der Waals surface area contributed by atoms with Crippen LogP contribution in [0.3, 0.4) is 0 Å². The van der Waals surface area contributed by atoms with Gasteiger partial charge < -0.3 is 5.32 Å². The molecule has 0 unspecified atom stereocenters. The minimum Gasteiger partial charge on any atom is -0.349 e. The van der Waals surface area contributed by atoms with Gasteiger partial charge in [0.2, 0.25) is 5.91 Å². The molecule has 0 saturated carbocycles. The van der Waals surface area contributed by atoms with Crippen LogP contribution in [0.2, 0.25) is 5.02 Å². The van der Waals surface area contributed by atoms with E-state index in [1.807, 2.05) is 0 Å². The van der Waals surface area contributed by atoms with Crippen molar-refractivity contribution < 1.29 is 13.2 Å². The summed E-state index contributed by atoms with van der Waals surface area (Å²) in [6.07, 6.45) is 3.55. The van der Waals surface area contributed by atoms with E-state index in [1.54, 1.807) is 30.3 Å². The molecule has 1 heterocycles. The Bertz CT molecular complexity index is 593. The number of carbonyl (C=O) groups excluding carboxylic acids is 1. The molecule has 4 nitrogen and oxygen atoms in total. The molecule has 1 fully saturated rings. The SMILES string of the molecule is O=C(/C=C/c1ccc(Cl)cc1)N[C@@H]1CCS(=O)(=O)C1. The summed E-state index contributed by atoms with van der Waals surface area (Å²) in [5.74, 6) is -0.0936. The van der Waals surface area contributed by atoms with Crippen molar-refractivity contribution in [3.8, 4) is 0 Å². The fourth-order valence-corrected chi connectivity index (χ4v) is 3.70. The summed E-state index contributed by atoms with van der Waals surface area (Å²) in [6, 6.07) is 6.80. The Kier molecular flexibility index (Phi) is 4.27. The van der Waals surface area contributed by atoms with Crippen LogP contribution < -0.4 is 5.32 Å². The van der Waals surface area contributed by atoms with Crippen molar-refractivity contribution in [3.05, 3.63) is 40.9 Å². The first-order chi connectivity index (χ1) is 8.94. The summed E-state index contributed by atoms with van der Waals surface area (Å²) in [4.78, 5) is 11.6. The third kappa shape index (κ3) is 4.36. The van der Waals surface area contributed by atoms with Crippen molar-refractivity contribution in [1.82, 2.24) is 5.32 Å². The smallest absolute Gasteiger partial charge is 0.244 e. The Labute approximate surface area is 117 Å². The molecular formula is C13H14ClNO3S. The maximum absolute atomic E-state index is 11.6. The molecule has 1 aliphatic rings. The van der Waals surface area contributed by atoms with Gasteiger partial charge in [0.25, 0.3) is 0 Å². The van der Waals surface area contributed by atoms with Gasteiger partial charge in [0.05, 0.1) is 11.5 Å². The van der Waals surface area contributed by atoms with Crippen LogP contribution in [-0.4, -0.2) is 31.9 Å². The van der Waals surface area contributed by atoms with E-state index < -0.39 is 9.84 Å². The molecule has 0 radical (unpaired) electrons. The molecule has 1 saturated heterocycles. The molecule has 1 atom stereocenters. The van der Waals surface area contributed by atoms with Gasteiger partial charge in [-0.2, -0.15) is 0 Å². The number of carbonyl (C=O) groups is 1. The van der Waals surface area contributed by atoms with Crippen LogP contribution in [0.15, 0.2) is 30.3 Å². The Balaban J connectivity index is 1.89. The highest BCUT2D eigenvalue weighted by Crippen LogP contribution is 2.12. The molecule has 0 bridgehead atoms. The van der Waals surface area contributed by atoms with Crippen molar-refractivity contribution in [2.45, 2.75) is 12.5 Å². The molecule has 2 rings (SSSR count). The van der Waals surface area contributed by atoms with E-state index in [0.29, 0.717) is 11.4 Å². The lowest BCUT2D eigenvalue weighted by atomic mass is 10.2. The zero-order valence-corrected chi connectivity index (χ0v) is 11.7. The molecule has 19 heavy (non-hydrogen) atoms. The summed E-state index contributed by atoms with van der Waals surface area (Å²) < 4.78 is 22.5. The monoisotopic (exact) mass is 299 g/mol. The zero-order valence-electron chi connectivity index (χ0n) is 10.2. The zero-order chi connectivity index (χ0) is 13.9. The van der Waals surface area contributed by atoms with Gasteiger partial charge in [-0.3, -0.25) is 4.79 Å². The Morgan fingerprint density at radius 2 is 2.00 bits per heavy atom. The van der Waals surface area contributed by atoms with Crippen LogP contribution in [0, 0.1) is 0 Å². The van der Waals surface area contributed by atoms with E-state index in [1.165, 1.54) is 6.08 Å². The number of hydrogen-bond donors (Lipinski definition) is 1. The largest absolute Gasteiger partial charge is 0.349 e. The van der Waals surface area contributed by atoms with E-state index >= 15 is 0 Å². The predicted molar refractivity (Wildman–Crippen MR) is 75.7 cm³/mol. The van der Waals surface area contributed by atoms with Crippen LogP contribution in [0.25, 0.3) is 6.08 Å². The molecule has 1 amide bonds. The normalized spacial score (nSPS) is 21.6. The molecule has 6 heteroatoms. The Hall–Kier alpha value is -1.33. The first-order valence-electron chi connectivity index (χ1n) is 5.89. The molecule has 1 aromatic carbocycles. The highest BCUT2D eigenvalue weighted by Gasteiger charge is 2.28. The lowest BCUT2D eigenvalue weighted by molar-refractivity contribution is -0.116. The average molecular weight is 300 g/mol. The topological polar surface area (TPSA) is 63.2 Å². The third-order valence-electron chi connectivity index (χ3n) is 2.88. The van der Waals surface area contributed by atoms with Gasteiger partial charge in [0, 0.05) is 17.1 Å². The van der Waals surface area contributed by atoms with Gasteiger partial charge in [-0.25, -0.2) is 8.42 Å². The van der Waals surface area contributed by atoms with E-state index in [2.05, 4.69) is 5.32 Å². The number of benzene rings is 1. The molecule has 1 aliphatic heterocycles. The minimum absolute atomic E-state index is 0.0352. The molecule has 1 aromatic rings. The van der Waals surface area contributed by atoms with Gasteiger partial charge >= 0.3 is 0 Å². The Morgan fingerprint density at radius 3 is 2.58 bits per heavy atom. The van der Waals surface area contributed by atoms with Gasteiger partial charge in [0.1, 0.15) is 0 Å². The van der Waals surface area contributed by atoms with Crippen molar-refractivity contribution in [2.24, 2.45) is 0 Å². The average Bonchev–Trinajstić information content (AvgIpc) is 2.68. The lowest BCUT2D eigenvalue weighted by Crippen LogP contribution is -2.34. The maximum atomic E-state index is 11.6. The second-order valence-electron chi connectivity index (χ2n) is 4.49. The summed E-state index contributed by atoms with van der Waals surface area (Å²) in [6.45, 7) is 0. The van der Waals surface area contributed by atoms with E-state index in [9.17, 15) is 13.2 Å². The van der Waals surface area contributed by atoms with Crippen LogP contribution in [0.5, 0.6) is 0 Å². The number of halogens is 1. The number of sulfone groups is 1. The van der Waals surface area contributed by atoms with Crippen LogP contribution in [0.4, 0.5) is 0 Å². The lowest BCUT2D eigenvalue weighted by Gasteiger charge is -2.07. The van der Waals surface area contributed by atoms with Crippen molar-refractivity contribution in [3.63, 3.8) is 0 Å². The van der Waals surface area contributed by atoms with E-state index in [-0.39, 0.29) is 23.5 Å². The fourth-order valence-electron chi connectivity index (χ4n) is 1.90. The highest BCUT2D eigenvalue weighted by atomic mass is 35.5. The molecule has 0 aromatic heterocycles. The first-order valence-corrected chi connectivity index (χ1v) is 8.09. The van der Waals surface area contributed by atoms with Gasteiger partial charge in [-0.05, 0) is 30.2 Å². The van der Waals surface area contributed by atoms with Gasteiger partial charge in [-0.1, -0.05) is 23.7 Å². The fraction of sp³-hybridized carbons (Fsp3) is 0.308. The molecule has 1 N–H and O–H groups in total. The summed E-state index contributed by atoms with van der Waals surface area (Å²) >= 11 is 5.75. The number of nitrogens with one attached hydrogen (secondary N) is 1. The third-order valence-corrected chi connectivity index (χ3v) is 4.90. The second-order valence-corrected chi connectivity index (χ2v) is 7.16. The molecule has 0 spiro atoms. The van der Waals surface area contributed by atoms with Crippen molar-refractivity contribution >= 4 is 33.4 Å². The van der Waals surface area contributed by atoms with Crippen molar-refractivity contribution in [2.75, 3.05) is 11.5 Å². The van der Waals surface area contributed by atoms with Crippen molar-refractivity contribution in [1.29, 1.82) is 0 Å². The maximum Gasteiger partial charge on any atom is 0.244 e. The summed E-state index contributed by atoms with van der Waals surface area (Å²) in [7, 11) is -2.97. The first kappa shape index (κ1) is 14.1. The summed E-state index contributed by atoms with van der Waals surface area (Å²) in [5, 5.41) is 3.32. The number of amides is 1. The molecule has 102 valence electrons. The van der Waals surface area contributed by atoms with Gasteiger partial charge in [0.15, 0.2) is 9.84 Å². The quantitative estimate of drug-likeness (QED) is 0.863. The highest BCUT2D eigenvalue weighted by molar-refractivity contribution is 7.91. The van der Waals surface area contributed by atoms with Gasteiger partial charge in [-0.15, -0.1) is 0 Å². The van der Waals surface area contributed by atoms with Crippen LogP contribution in [-0.2, 0) is 14.6 Å². The number of rotatable bonds is 3.